The maximum absolute atomic E-state index is 6.11. The smallest absolute Gasteiger partial charge is 0.0634 e. The third-order valence-corrected chi connectivity index (χ3v) is 4.84. The van der Waals surface area contributed by atoms with Gasteiger partial charge in [0.15, 0.2) is 0 Å². The summed E-state index contributed by atoms with van der Waals surface area (Å²) in [4.78, 5) is 7.13. The van der Waals surface area contributed by atoms with Gasteiger partial charge in [0.05, 0.1) is 5.02 Å². The number of pyridine rings is 1. The monoisotopic (exact) mass is 302 g/mol. The summed E-state index contributed by atoms with van der Waals surface area (Å²) in [6.07, 6.45) is 4.74. The number of halogens is 2. The Labute approximate surface area is 110 Å². The highest BCUT2D eigenvalue weighted by molar-refractivity contribution is 9.09. The molecule has 0 saturated carbocycles. The van der Waals surface area contributed by atoms with Crippen molar-refractivity contribution in [3.05, 3.63) is 29.0 Å². The van der Waals surface area contributed by atoms with Crippen LogP contribution in [0, 0.1) is 5.92 Å². The molecule has 2 heterocycles. The van der Waals surface area contributed by atoms with Crippen LogP contribution in [0.1, 0.15) is 18.9 Å². The molecule has 1 aliphatic heterocycles. The molecular formula is C12H16BrClN2. The van der Waals surface area contributed by atoms with Crippen molar-refractivity contribution in [2.45, 2.75) is 24.7 Å². The molecule has 0 spiro atoms. The van der Waals surface area contributed by atoms with Gasteiger partial charge in [-0.25, -0.2) is 0 Å². The molecule has 1 aliphatic rings. The Morgan fingerprint density at radius 2 is 2.44 bits per heavy atom. The highest BCUT2D eigenvalue weighted by Gasteiger charge is 2.24. The SMILES string of the molecule is CC1CN(Cc2ccncc2Cl)CCC1Br. The minimum absolute atomic E-state index is 0.664. The minimum atomic E-state index is 0.664. The van der Waals surface area contributed by atoms with Gasteiger partial charge in [0, 0.05) is 30.3 Å². The Bertz CT molecular complexity index is 359. The van der Waals surface area contributed by atoms with Gasteiger partial charge in [0.25, 0.3) is 0 Å². The molecule has 0 amide bonds. The van der Waals surface area contributed by atoms with Gasteiger partial charge in [-0.2, -0.15) is 0 Å². The summed E-state index contributed by atoms with van der Waals surface area (Å²) >= 11 is 9.83. The number of rotatable bonds is 2. The van der Waals surface area contributed by atoms with E-state index in [1.54, 1.807) is 6.20 Å². The lowest BCUT2D eigenvalue weighted by atomic mass is 10.00. The molecule has 0 aromatic carbocycles. The van der Waals surface area contributed by atoms with Gasteiger partial charge in [0.1, 0.15) is 0 Å². The van der Waals surface area contributed by atoms with E-state index in [0.29, 0.717) is 10.7 Å². The van der Waals surface area contributed by atoms with Crippen LogP contribution in [0.25, 0.3) is 0 Å². The molecule has 0 bridgehead atoms. The van der Waals surface area contributed by atoms with Gasteiger partial charge >= 0.3 is 0 Å². The topological polar surface area (TPSA) is 16.1 Å². The lowest BCUT2D eigenvalue weighted by Crippen LogP contribution is -2.39. The lowest BCUT2D eigenvalue weighted by Gasteiger charge is -2.34. The second-order valence-electron chi connectivity index (χ2n) is 4.48. The van der Waals surface area contributed by atoms with Crippen LogP contribution in [0.2, 0.25) is 5.02 Å². The summed E-state index contributed by atoms with van der Waals surface area (Å²) in [5, 5.41) is 0.774. The van der Waals surface area contributed by atoms with Crippen LogP contribution in [0.3, 0.4) is 0 Å². The summed E-state index contributed by atoms with van der Waals surface area (Å²) in [6.45, 7) is 5.50. The molecule has 88 valence electrons. The van der Waals surface area contributed by atoms with E-state index in [1.165, 1.54) is 12.0 Å². The number of alkyl halides is 1. The molecule has 1 fully saturated rings. The summed E-state index contributed by atoms with van der Waals surface area (Å²) in [6, 6.07) is 2.01. The average molecular weight is 304 g/mol. The van der Waals surface area contributed by atoms with Crippen molar-refractivity contribution in [3.63, 3.8) is 0 Å². The molecule has 1 saturated heterocycles. The van der Waals surface area contributed by atoms with Crippen molar-refractivity contribution in [3.8, 4) is 0 Å². The van der Waals surface area contributed by atoms with Crippen molar-refractivity contribution < 1.29 is 0 Å². The Morgan fingerprint density at radius 3 is 3.12 bits per heavy atom. The molecule has 1 aromatic rings. The quantitative estimate of drug-likeness (QED) is 0.779. The highest BCUT2D eigenvalue weighted by atomic mass is 79.9. The van der Waals surface area contributed by atoms with E-state index in [1.807, 2.05) is 12.3 Å². The summed E-state index contributed by atoms with van der Waals surface area (Å²) in [7, 11) is 0. The summed E-state index contributed by atoms with van der Waals surface area (Å²) in [5.41, 5.74) is 1.18. The van der Waals surface area contributed by atoms with Crippen LogP contribution in [-0.2, 0) is 6.54 Å². The van der Waals surface area contributed by atoms with E-state index in [0.717, 1.165) is 24.7 Å². The molecule has 2 atom stereocenters. The van der Waals surface area contributed by atoms with Gasteiger partial charge in [0.2, 0.25) is 0 Å². The fourth-order valence-corrected chi connectivity index (χ4v) is 2.67. The van der Waals surface area contributed by atoms with Crippen LogP contribution in [-0.4, -0.2) is 27.8 Å². The van der Waals surface area contributed by atoms with Crippen LogP contribution in [0.15, 0.2) is 18.5 Å². The zero-order valence-electron chi connectivity index (χ0n) is 9.37. The van der Waals surface area contributed by atoms with E-state index in [-0.39, 0.29) is 0 Å². The molecule has 2 unspecified atom stereocenters. The molecule has 16 heavy (non-hydrogen) atoms. The Kier molecular flexibility index (Phi) is 4.22. The number of piperidine rings is 1. The zero-order valence-corrected chi connectivity index (χ0v) is 11.7. The number of aromatic nitrogens is 1. The fourth-order valence-electron chi connectivity index (χ4n) is 2.12. The van der Waals surface area contributed by atoms with Gasteiger partial charge in [-0.15, -0.1) is 0 Å². The van der Waals surface area contributed by atoms with E-state index >= 15 is 0 Å². The maximum Gasteiger partial charge on any atom is 0.0634 e. The average Bonchev–Trinajstić information content (AvgIpc) is 2.27. The molecule has 4 heteroatoms. The molecule has 2 rings (SSSR count). The Morgan fingerprint density at radius 1 is 1.62 bits per heavy atom. The lowest BCUT2D eigenvalue weighted by molar-refractivity contribution is 0.183. The molecule has 0 radical (unpaired) electrons. The highest BCUT2D eigenvalue weighted by Crippen LogP contribution is 2.25. The fraction of sp³-hybridized carbons (Fsp3) is 0.583. The molecule has 0 aliphatic carbocycles. The molecule has 1 aromatic heterocycles. The van der Waals surface area contributed by atoms with Crippen molar-refractivity contribution >= 4 is 27.5 Å². The second kappa shape index (κ2) is 5.48. The predicted octanol–water partition coefficient (Wildman–Crippen LogP) is 3.34. The largest absolute Gasteiger partial charge is 0.299 e. The van der Waals surface area contributed by atoms with Gasteiger partial charge in [-0.05, 0) is 30.5 Å². The van der Waals surface area contributed by atoms with Crippen molar-refractivity contribution in [2.75, 3.05) is 13.1 Å². The van der Waals surface area contributed by atoms with Crippen LogP contribution >= 0.6 is 27.5 Å². The zero-order chi connectivity index (χ0) is 11.5. The molecule has 2 nitrogen and oxygen atoms in total. The first-order valence-electron chi connectivity index (χ1n) is 5.61. The number of nitrogens with zero attached hydrogens (tertiary/aromatic N) is 2. The summed E-state index contributed by atoms with van der Waals surface area (Å²) in [5.74, 6) is 0.703. The normalized spacial score (nSPS) is 26.9. The van der Waals surface area contributed by atoms with Crippen molar-refractivity contribution in [2.24, 2.45) is 5.92 Å². The first kappa shape index (κ1) is 12.3. The van der Waals surface area contributed by atoms with Crippen LogP contribution in [0.4, 0.5) is 0 Å². The second-order valence-corrected chi connectivity index (χ2v) is 6.07. The van der Waals surface area contributed by atoms with Crippen LogP contribution in [0.5, 0.6) is 0 Å². The number of hydrogen-bond acceptors (Lipinski definition) is 2. The third-order valence-electron chi connectivity index (χ3n) is 3.14. The van der Waals surface area contributed by atoms with Gasteiger partial charge in [-0.3, -0.25) is 9.88 Å². The third kappa shape index (κ3) is 2.96. The van der Waals surface area contributed by atoms with Gasteiger partial charge in [-0.1, -0.05) is 34.5 Å². The van der Waals surface area contributed by atoms with E-state index in [2.05, 4.69) is 32.7 Å². The molecule has 0 N–H and O–H groups in total. The number of hydrogen-bond donors (Lipinski definition) is 0. The van der Waals surface area contributed by atoms with E-state index in [4.69, 9.17) is 11.6 Å². The standard InChI is InChI=1S/C12H16BrClN2/c1-9-7-16(5-3-11(9)13)8-10-2-4-15-6-12(10)14/h2,4,6,9,11H,3,5,7-8H2,1H3. The van der Waals surface area contributed by atoms with E-state index in [9.17, 15) is 0 Å². The minimum Gasteiger partial charge on any atom is -0.299 e. The van der Waals surface area contributed by atoms with Gasteiger partial charge < -0.3 is 0 Å². The number of likely N-dealkylation sites (tertiary alicyclic amines) is 1. The first-order chi connectivity index (χ1) is 7.66. The van der Waals surface area contributed by atoms with Crippen molar-refractivity contribution in [1.29, 1.82) is 0 Å². The Hall–Kier alpha value is -0.120. The predicted molar refractivity (Wildman–Crippen MR) is 71.0 cm³/mol. The first-order valence-corrected chi connectivity index (χ1v) is 6.91. The molecular weight excluding hydrogens is 288 g/mol. The van der Waals surface area contributed by atoms with Crippen LogP contribution < -0.4 is 0 Å². The Balaban J connectivity index is 1.98. The summed E-state index contributed by atoms with van der Waals surface area (Å²) < 4.78 is 0. The van der Waals surface area contributed by atoms with E-state index < -0.39 is 0 Å². The van der Waals surface area contributed by atoms with Crippen molar-refractivity contribution in [1.82, 2.24) is 9.88 Å². The maximum atomic E-state index is 6.11.